The third kappa shape index (κ3) is 2.37. The predicted molar refractivity (Wildman–Crippen MR) is 58.8 cm³/mol. The summed E-state index contributed by atoms with van der Waals surface area (Å²) >= 11 is 0. The summed E-state index contributed by atoms with van der Waals surface area (Å²) < 4.78 is 25.2. The van der Waals surface area contributed by atoms with Crippen LogP contribution in [0.3, 0.4) is 0 Å². The number of pyridine rings is 1. The summed E-state index contributed by atoms with van der Waals surface area (Å²) in [6, 6.07) is 2.36. The summed E-state index contributed by atoms with van der Waals surface area (Å²) in [5, 5.41) is 2.54. The molecule has 1 aliphatic heterocycles. The molecule has 2 rings (SSSR count). The van der Waals surface area contributed by atoms with Gasteiger partial charge in [0, 0.05) is 25.4 Å². The highest BCUT2D eigenvalue weighted by Crippen LogP contribution is 2.13. The van der Waals surface area contributed by atoms with E-state index in [2.05, 4.69) is 10.3 Å². The van der Waals surface area contributed by atoms with E-state index in [0.717, 1.165) is 16.6 Å². The van der Waals surface area contributed by atoms with E-state index in [0.29, 0.717) is 6.54 Å². The van der Waals surface area contributed by atoms with Crippen LogP contribution in [0.5, 0.6) is 0 Å². The van der Waals surface area contributed by atoms with E-state index in [4.69, 9.17) is 0 Å². The number of sulfonamides is 1. The van der Waals surface area contributed by atoms with Crippen LogP contribution in [0.4, 0.5) is 0 Å². The Morgan fingerprint density at radius 1 is 1.24 bits per heavy atom. The van der Waals surface area contributed by atoms with Crippen molar-refractivity contribution < 1.29 is 13.2 Å². The summed E-state index contributed by atoms with van der Waals surface area (Å²) in [6.45, 7) is 0.329. The minimum absolute atomic E-state index is 0.0215. The summed E-state index contributed by atoms with van der Waals surface area (Å²) in [6.07, 6.45) is 1.13. The molecule has 92 valence electrons. The topological polar surface area (TPSA) is 99.3 Å². The van der Waals surface area contributed by atoms with Crippen molar-refractivity contribution in [2.75, 3.05) is 19.6 Å². The smallest absolute Gasteiger partial charge is 0.247 e. The second-order valence-electron chi connectivity index (χ2n) is 3.58. The Kier molecular flexibility index (Phi) is 2.99. The third-order valence-electron chi connectivity index (χ3n) is 2.40. The number of aromatic amines is 1. The highest BCUT2D eigenvalue weighted by atomic mass is 32.2. The number of H-pyrrole nitrogens is 1. The summed E-state index contributed by atoms with van der Waals surface area (Å²) in [5.74, 6) is -0.329. The van der Waals surface area contributed by atoms with Crippen molar-refractivity contribution in [3.05, 3.63) is 28.7 Å². The Morgan fingerprint density at radius 3 is 2.59 bits per heavy atom. The third-order valence-corrected chi connectivity index (χ3v) is 4.24. The molecule has 1 aliphatic rings. The van der Waals surface area contributed by atoms with Gasteiger partial charge in [0.1, 0.15) is 0 Å². The number of aromatic nitrogens is 1. The van der Waals surface area contributed by atoms with Gasteiger partial charge in [0.25, 0.3) is 0 Å². The molecule has 17 heavy (non-hydrogen) atoms. The number of carbonyl (C=O) groups excluding carboxylic acids is 1. The van der Waals surface area contributed by atoms with Gasteiger partial charge in [-0.3, -0.25) is 9.59 Å². The van der Waals surface area contributed by atoms with E-state index in [1.807, 2.05) is 0 Å². The first-order valence-electron chi connectivity index (χ1n) is 4.96. The lowest BCUT2D eigenvalue weighted by molar-refractivity contribution is -0.122. The Morgan fingerprint density at radius 2 is 2.00 bits per heavy atom. The monoisotopic (exact) mass is 257 g/mol. The van der Waals surface area contributed by atoms with Crippen molar-refractivity contribution in [2.45, 2.75) is 4.90 Å². The first-order valence-corrected chi connectivity index (χ1v) is 6.40. The van der Waals surface area contributed by atoms with E-state index >= 15 is 0 Å². The second kappa shape index (κ2) is 4.30. The van der Waals surface area contributed by atoms with Crippen molar-refractivity contribution in [3.63, 3.8) is 0 Å². The standard InChI is InChI=1S/C9H11N3O4S/c13-8-2-1-7(5-11-8)17(15,16)12-4-3-10-9(14)6-12/h1-2,5H,3-4,6H2,(H,10,14)(H,11,13). The molecule has 2 N–H and O–H groups in total. The number of nitrogens with one attached hydrogen (secondary N) is 2. The van der Waals surface area contributed by atoms with E-state index in [1.54, 1.807) is 0 Å². The lowest BCUT2D eigenvalue weighted by Crippen LogP contribution is -2.49. The fourth-order valence-corrected chi connectivity index (χ4v) is 2.89. The lowest BCUT2D eigenvalue weighted by Gasteiger charge is -2.25. The molecule has 0 unspecified atom stereocenters. The summed E-state index contributed by atoms with van der Waals surface area (Å²) in [4.78, 5) is 24.3. The molecule has 1 aromatic rings. The van der Waals surface area contributed by atoms with Crippen LogP contribution in [0.2, 0.25) is 0 Å². The van der Waals surface area contributed by atoms with Crippen LogP contribution in [-0.2, 0) is 14.8 Å². The summed E-state index contributed by atoms with van der Waals surface area (Å²) in [5.41, 5.74) is -0.375. The highest BCUT2D eigenvalue weighted by molar-refractivity contribution is 7.89. The zero-order chi connectivity index (χ0) is 12.5. The molecule has 0 aromatic carbocycles. The molecular formula is C9H11N3O4S. The van der Waals surface area contributed by atoms with E-state index in [9.17, 15) is 18.0 Å². The highest BCUT2D eigenvalue weighted by Gasteiger charge is 2.29. The van der Waals surface area contributed by atoms with Gasteiger partial charge < -0.3 is 10.3 Å². The second-order valence-corrected chi connectivity index (χ2v) is 5.52. The molecule has 1 amide bonds. The minimum Gasteiger partial charge on any atom is -0.354 e. The number of amides is 1. The minimum atomic E-state index is -3.71. The van der Waals surface area contributed by atoms with Crippen LogP contribution in [0, 0.1) is 0 Å². The largest absolute Gasteiger partial charge is 0.354 e. The maximum atomic E-state index is 12.1. The quantitative estimate of drug-likeness (QED) is 0.673. The van der Waals surface area contributed by atoms with Gasteiger partial charge in [-0.25, -0.2) is 8.42 Å². The van der Waals surface area contributed by atoms with Gasteiger partial charge in [0.2, 0.25) is 21.5 Å². The Balaban J connectivity index is 2.32. The molecule has 0 atom stereocenters. The molecule has 1 aromatic heterocycles. The van der Waals surface area contributed by atoms with Crippen molar-refractivity contribution in [1.82, 2.24) is 14.6 Å². The van der Waals surface area contributed by atoms with E-state index in [-0.39, 0.29) is 29.5 Å². The SMILES string of the molecule is O=C1CN(S(=O)(=O)c2ccc(=O)[nH]c2)CCN1. The predicted octanol–water partition coefficient (Wildman–Crippen LogP) is -1.50. The van der Waals surface area contributed by atoms with Gasteiger partial charge in [-0.15, -0.1) is 0 Å². The van der Waals surface area contributed by atoms with Crippen molar-refractivity contribution in [2.24, 2.45) is 0 Å². The number of hydrogen-bond acceptors (Lipinski definition) is 4. The van der Waals surface area contributed by atoms with Gasteiger partial charge in [0.05, 0.1) is 11.4 Å². The number of carbonyl (C=O) groups is 1. The fourth-order valence-electron chi connectivity index (χ4n) is 1.53. The van der Waals surface area contributed by atoms with Gasteiger partial charge in [-0.2, -0.15) is 4.31 Å². The molecule has 0 aliphatic carbocycles. The number of nitrogens with zero attached hydrogens (tertiary/aromatic N) is 1. The maximum absolute atomic E-state index is 12.1. The van der Waals surface area contributed by atoms with Crippen LogP contribution in [0.15, 0.2) is 28.0 Å². The van der Waals surface area contributed by atoms with Gasteiger partial charge >= 0.3 is 0 Å². The zero-order valence-electron chi connectivity index (χ0n) is 8.84. The van der Waals surface area contributed by atoms with Crippen molar-refractivity contribution in [3.8, 4) is 0 Å². The molecule has 0 radical (unpaired) electrons. The first-order chi connectivity index (χ1) is 8.00. The molecule has 0 bridgehead atoms. The number of hydrogen-bond donors (Lipinski definition) is 2. The molecule has 0 saturated carbocycles. The Hall–Kier alpha value is -1.67. The fraction of sp³-hybridized carbons (Fsp3) is 0.333. The van der Waals surface area contributed by atoms with Crippen LogP contribution >= 0.6 is 0 Å². The average molecular weight is 257 g/mol. The molecule has 2 heterocycles. The van der Waals surface area contributed by atoms with Crippen molar-refractivity contribution >= 4 is 15.9 Å². The molecule has 8 heteroatoms. The van der Waals surface area contributed by atoms with E-state index < -0.39 is 10.0 Å². The van der Waals surface area contributed by atoms with Gasteiger partial charge in [0.15, 0.2) is 0 Å². The normalized spacial score (nSPS) is 17.8. The van der Waals surface area contributed by atoms with Crippen molar-refractivity contribution in [1.29, 1.82) is 0 Å². The van der Waals surface area contributed by atoms with Gasteiger partial charge in [-0.05, 0) is 6.07 Å². The average Bonchev–Trinajstić information content (AvgIpc) is 2.29. The van der Waals surface area contributed by atoms with Crippen LogP contribution in [0.25, 0.3) is 0 Å². The zero-order valence-corrected chi connectivity index (χ0v) is 9.66. The molecule has 1 fully saturated rings. The number of rotatable bonds is 2. The van der Waals surface area contributed by atoms with Crippen LogP contribution in [0.1, 0.15) is 0 Å². The molecular weight excluding hydrogens is 246 g/mol. The maximum Gasteiger partial charge on any atom is 0.247 e. The van der Waals surface area contributed by atoms with E-state index in [1.165, 1.54) is 6.07 Å². The van der Waals surface area contributed by atoms with Crippen LogP contribution < -0.4 is 10.9 Å². The Labute approximate surface area is 97.5 Å². The van der Waals surface area contributed by atoms with Crippen LogP contribution in [-0.4, -0.2) is 43.2 Å². The summed E-state index contributed by atoms with van der Waals surface area (Å²) in [7, 11) is -3.71. The Bertz CT molecular complexity index is 572. The molecule has 1 saturated heterocycles. The first kappa shape index (κ1) is 11.8. The van der Waals surface area contributed by atoms with Gasteiger partial charge in [-0.1, -0.05) is 0 Å². The molecule has 0 spiro atoms. The number of piperazine rings is 1. The lowest BCUT2D eigenvalue weighted by atomic mass is 10.4. The molecule has 7 nitrogen and oxygen atoms in total.